The van der Waals surface area contributed by atoms with E-state index in [1.807, 2.05) is 0 Å². The van der Waals surface area contributed by atoms with Gasteiger partial charge in [-0.1, -0.05) is 6.08 Å². The zero-order valence-corrected chi connectivity index (χ0v) is 9.22. The standard InChI is InChI=1S/C3H6O3S.Sn.2H/c1-2-3-7(4,5)6;;;/h2H,1,3H2,(H,4,5,6);;;. The molecule has 0 aromatic heterocycles. The van der Waals surface area contributed by atoms with Crippen LogP contribution in [0.25, 0.3) is 0 Å². The van der Waals surface area contributed by atoms with Gasteiger partial charge in [-0.15, -0.1) is 6.58 Å². The summed E-state index contributed by atoms with van der Waals surface area (Å²) in [6, 6.07) is 0. The van der Waals surface area contributed by atoms with Crippen LogP contribution in [0.1, 0.15) is 0 Å². The summed E-state index contributed by atoms with van der Waals surface area (Å²) in [6.45, 7) is 3.11. The Balaban J connectivity index is 0. The molecule has 0 aliphatic heterocycles. The molecule has 0 rings (SSSR count). The van der Waals surface area contributed by atoms with Gasteiger partial charge in [0.05, 0.1) is 5.75 Å². The van der Waals surface area contributed by atoms with Crippen molar-refractivity contribution in [3.05, 3.63) is 12.7 Å². The van der Waals surface area contributed by atoms with Crippen LogP contribution in [0.3, 0.4) is 0 Å². The summed E-state index contributed by atoms with van der Waals surface area (Å²) in [4.78, 5) is 0. The summed E-state index contributed by atoms with van der Waals surface area (Å²) in [6.07, 6.45) is 1.12. The van der Waals surface area contributed by atoms with Gasteiger partial charge in [0.25, 0.3) is 10.1 Å². The zero-order chi connectivity index (χ0) is 5.91. The second-order valence-electron chi connectivity index (χ2n) is 1.04. The van der Waals surface area contributed by atoms with Crippen molar-refractivity contribution in [1.29, 1.82) is 0 Å². The molecule has 1 N–H and O–H groups in total. The fourth-order valence-corrected chi connectivity index (χ4v) is 0.447. The van der Waals surface area contributed by atoms with E-state index in [-0.39, 0.29) is 29.7 Å². The molecule has 2 radical (unpaired) electrons. The molecule has 0 bridgehead atoms. The van der Waals surface area contributed by atoms with E-state index in [2.05, 4.69) is 6.58 Å². The second-order valence-corrected chi connectivity index (χ2v) is 2.53. The van der Waals surface area contributed by atoms with Gasteiger partial charge in [0.15, 0.2) is 0 Å². The van der Waals surface area contributed by atoms with E-state index in [1.165, 1.54) is 0 Å². The summed E-state index contributed by atoms with van der Waals surface area (Å²) in [7, 11) is -3.79. The predicted octanol–water partition coefficient (Wildman–Crippen LogP) is -0.856. The van der Waals surface area contributed by atoms with E-state index in [0.29, 0.717) is 0 Å². The molecule has 0 aromatic carbocycles. The van der Waals surface area contributed by atoms with Crippen molar-refractivity contribution < 1.29 is 13.0 Å². The van der Waals surface area contributed by atoms with Gasteiger partial charge in [-0.05, 0) is 0 Å². The molecule has 3 nitrogen and oxygen atoms in total. The van der Waals surface area contributed by atoms with Crippen LogP contribution in [0.4, 0.5) is 0 Å². The molecule has 0 atom stereocenters. The Kier molecular flexibility index (Phi) is 6.11. The Morgan fingerprint density at radius 3 is 2.00 bits per heavy atom. The molecular formula is C3H8O3SSn. The van der Waals surface area contributed by atoms with Crippen LogP contribution in [0.2, 0.25) is 0 Å². The van der Waals surface area contributed by atoms with Gasteiger partial charge in [-0.3, -0.25) is 4.55 Å². The topological polar surface area (TPSA) is 54.4 Å². The molecule has 0 amide bonds. The Morgan fingerprint density at radius 1 is 1.62 bits per heavy atom. The minimum absolute atomic E-state index is 0. The number of rotatable bonds is 2. The molecule has 0 aliphatic carbocycles. The Labute approximate surface area is 65.5 Å². The second kappa shape index (κ2) is 4.34. The van der Waals surface area contributed by atoms with Crippen LogP contribution >= 0.6 is 0 Å². The third kappa shape index (κ3) is 9.67. The van der Waals surface area contributed by atoms with E-state index in [0.717, 1.165) is 6.08 Å². The summed E-state index contributed by atoms with van der Waals surface area (Å²) >= 11 is 0. The Morgan fingerprint density at radius 2 is 2.00 bits per heavy atom. The van der Waals surface area contributed by atoms with Crippen LogP contribution in [-0.4, -0.2) is 42.6 Å². The third-order valence-corrected chi connectivity index (χ3v) is 0.985. The van der Waals surface area contributed by atoms with Crippen molar-refractivity contribution in [2.75, 3.05) is 5.75 Å². The van der Waals surface area contributed by atoms with Crippen LogP contribution < -0.4 is 0 Å². The fourth-order valence-electron chi connectivity index (χ4n) is 0.149. The van der Waals surface area contributed by atoms with Gasteiger partial charge in [-0.2, -0.15) is 8.42 Å². The average Bonchev–Trinajstić information content (AvgIpc) is 1.30. The average molecular weight is 243 g/mol. The molecule has 0 saturated carbocycles. The summed E-state index contributed by atoms with van der Waals surface area (Å²) in [5, 5.41) is 0. The van der Waals surface area contributed by atoms with Crippen molar-refractivity contribution in [2.45, 2.75) is 0 Å². The molecule has 0 spiro atoms. The summed E-state index contributed by atoms with van der Waals surface area (Å²) in [5.74, 6) is -0.368. The molecule has 8 heavy (non-hydrogen) atoms. The first kappa shape index (κ1) is 11.3. The van der Waals surface area contributed by atoms with Crippen LogP contribution in [0, 0.1) is 0 Å². The van der Waals surface area contributed by atoms with Crippen molar-refractivity contribution in [2.24, 2.45) is 0 Å². The first-order valence-corrected chi connectivity index (χ1v) is 3.23. The normalized spacial score (nSPS) is 9.62. The fraction of sp³-hybridized carbons (Fsp3) is 0.333. The number of hydrogen-bond acceptors (Lipinski definition) is 2. The first-order valence-electron chi connectivity index (χ1n) is 1.62. The maximum atomic E-state index is 9.72. The quantitative estimate of drug-likeness (QED) is 0.390. The Hall–Kier alpha value is 0.449. The molecule has 0 unspecified atom stereocenters. The van der Waals surface area contributed by atoms with Gasteiger partial charge >= 0.3 is 23.9 Å². The minimum atomic E-state index is -3.79. The maximum absolute atomic E-state index is 9.72. The summed E-state index contributed by atoms with van der Waals surface area (Å²) in [5.41, 5.74) is 0. The molecule has 0 heterocycles. The van der Waals surface area contributed by atoms with Crippen molar-refractivity contribution in [1.82, 2.24) is 0 Å². The van der Waals surface area contributed by atoms with Crippen molar-refractivity contribution in [3.8, 4) is 0 Å². The van der Waals surface area contributed by atoms with E-state index in [4.69, 9.17) is 4.55 Å². The molecular weight excluding hydrogens is 235 g/mol. The Bertz CT molecular complexity index is 148. The molecule has 0 fully saturated rings. The van der Waals surface area contributed by atoms with Gasteiger partial charge < -0.3 is 0 Å². The van der Waals surface area contributed by atoms with E-state index in [9.17, 15) is 8.42 Å². The molecule has 0 saturated heterocycles. The number of hydrogen-bond donors (Lipinski definition) is 1. The molecule has 0 aliphatic rings. The van der Waals surface area contributed by atoms with Crippen molar-refractivity contribution in [3.63, 3.8) is 0 Å². The SMILES string of the molecule is C=CCS(=O)(=O)O.[SnH2]. The van der Waals surface area contributed by atoms with Gasteiger partial charge in [0, 0.05) is 0 Å². The zero-order valence-electron chi connectivity index (χ0n) is 4.37. The van der Waals surface area contributed by atoms with Gasteiger partial charge in [-0.25, -0.2) is 0 Å². The van der Waals surface area contributed by atoms with E-state index >= 15 is 0 Å². The van der Waals surface area contributed by atoms with Gasteiger partial charge in [0.1, 0.15) is 0 Å². The van der Waals surface area contributed by atoms with Gasteiger partial charge in [0.2, 0.25) is 0 Å². The molecule has 5 heteroatoms. The summed E-state index contributed by atoms with van der Waals surface area (Å²) < 4.78 is 27.3. The van der Waals surface area contributed by atoms with E-state index < -0.39 is 10.1 Å². The monoisotopic (exact) mass is 244 g/mol. The third-order valence-electron chi connectivity index (χ3n) is 0.328. The predicted molar refractivity (Wildman–Crippen MR) is 35.2 cm³/mol. The van der Waals surface area contributed by atoms with Crippen LogP contribution in [0.15, 0.2) is 12.7 Å². The van der Waals surface area contributed by atoms with Crippen molar-refractivity contribution >= 4 is 34.0 Å². The molecule has 48 valence electrons. The van der Waals surface area contributed by atoms with Crippen LogP contribution in [-0.2, 0) is 10.1 Å². The first-order chi connectivity index (χ1) is 3.06. The molecule has 0 aromatic rings. The van der Waals surface area contributed by atoms with E-state index in [1.54, 1.807) is 0 Å². The van der Waals surface area contributed by atoms with Crippen LogP contribution in [0.5, 0.6) is 0 Å².